The van der Waals surface area contributed by atoms with Crippen molar-refractivity contribution in [3.05, 3.63) is 23.8 Å². The van der Waals surface area contributed by atoms with Crippen LogP contribution in [0.1, 0.15) is 25.5 Å². The Labute approximate surface area is 125 Å². The Morgan fingerprint density at radius 1 is 1.33 bits per heavy atom. The molecule has 0 fully saturated rings. The molecule has 0 saturated heterocycles. The maximum atomic E-state index is 11.9. The van der Waals surface area contributed by atoms with Crippen LogP contribution in [0.5, 0.6) is 11.5 Å². The maximum absolute atomic E-state index is 11.9. The van der Waals surface area contributed by atoms with Crippen molar-refractivity contribution in [3.63, 3.8) is 0 Å². The van der Waals surface area contributed by atoms with E-state index in [-0.39, 0.29) is 18.6 Å². The predicted octanol–water partition coefficient (Wildman–Crippen LogP) is 1.24. The molecule has 2 unspecified atom stereocenters. The third-order valence-electron chi connectivity index (χ3n) is 3.03. The highest BCUT2D eigenvalue weighted by Crippen LogP contribution is 2.30. The normalized spacial score (nSPS) is 13.4. The molecule has 6 heteroatoms. The molecule has 3 N–H and O–H groups in total. The number of amides is 1. The van der Waals surface area contributed by atoms with Crippen molar-refractivity contribution in [2.45, 2.75) is 25.9 Å². The first-order chi connectivity index (χ1) is 10.0. The fourth-order valence-electron chi connectivity index (χ4n) is 1.89. The molecule has 0 spiro atoms. The summed E-state index contributed by atoms with van der Waals surface area (Å²) in [6, 6.07) is 4.69. The predicted molar refractivity (Wildman–Crippen MR) is 80.6 cm³/mol. The zero-order valence-electron chi connectivity index (χ0n) is 13.0. The van der Waals surface area contributed by atoms with Gasteiger partial charge in [0.25, 0.3) is 0 Å². The van der Waals surface area contributed by atoms with E-state index in [0.29, 0.717) is 18.1 Å². The van der Waals surface area contributed by atoms with Crippen LogP contribution >= 0.6 is 0 Å². The Hall–Kier alpha value is -1.79. The smallest absolute Gasteiger partial charge is 0.239 e. The first-order valence-corrected chi connectivity index (χ1v) is 6.89. The highest BCUT2D eigenvalue weighted by Gasteiger charge is 2.17. The molecule has 1 aromatic carbocycles. The molecule has 1 amide bonds. The molecule has 0 aliphatic carbocycles. The molecule has 2 atom stereocenters. The summed E-state index contributed by atoms with van der Waals surface area (Å²) in [4.78, 5) is 11.9. The average Bonchev–Trinajstić information content (AvgIpc) is 2.48. The summed E-state index contributed by atoms with van der Waals surface area (Å²) in [7, 11) is 3.09. The van der Waals surface area contributed by atoms with Crippen molar-refractivity contribution >= 4 is 5.91 Å². The molecule has 0 aliphatic heterocycles. The molecule has 1 aromatic rings. The van der Waals surface area contributed by atoms with Crippen LogP contribution in [-0.2, 0) is 9.53 Å². The van der Waals surface area contributed by atoms with E-state index in [9.17, 15) is 4.79 Å². The zero-order valence-corrected chi connectivity index (χ0v) is 13.0. The Kier molecular flexibility index (Phi) is 6.98. The summed E-state index contributed by atoms with van der Waals surface area (Å²) in [6.07, 6.45) is 0. The first-order valence-electron chi connectivity index (χ1n) is 6.89. The van der Waals surface area contributed by atoms with E-state index >= 15 is 0 Å². The molecule has 118 valence electrons. The average molecular weight is 296 g/mol. The number of hydrogen-bond donors (Lipinski definition) is 2. The second-order valence-electron chi connectivity index (χ2n) is 4.64. The molecule has 0 aliphatic rings. The number of rotatable bonds is 8. The van der Waals surface area contributed by atoms with Gasteiger partial charge >= 0.3 is 0 Å². The number of benzene rings is 1. The van der Waals surface area contributed by atoms with Gasteiger partial charge in [-0.25, -0.2) is 0 Å². The third kappa shape index (κ3) is 4.91. The third-order valence-corrected chi connectivity index (χ3v) is 3.03. The van der Waals surface area contributed by atoms with Crippen LogP contribution in [0.3, 0.4) is 0 Å². The second kappa shape index (κ2) is 8.49. The van der Waals surface area contributed by atoms with Gasteiger partial charge in [0, 0.05) is 7.11 Å². The molecule has 6 nitrogen and oxygen atoms in total. The van der Waals surface area contributed by atoms with Crippen LogP contribution in [0, 0.1) is 0 Å². The van der Waals surface area contributed by atoms with Crippen molar-refractivity contribution in [2.24, 2.45) is 5.73 Å². The number of nitrogens with one attached hydrogen (secondary N) is 1. The largest absolute Gasteiger partial charge is 0.493 e. The monoisotopic (exact) mass is 296 g/mol. The van der Waals surface area contributed by atoms with Crippen LogP contribution in [0.25, 0.3) is 0 Å². The second-order valence-corrected chi connectivity index (χ2v) is 4.64. The summed E-state index contributed by atoms with van der Waals surface area (Å²) >= 11 is 0. The van der Waals surface area contributed by atoms with Gasteiger partial charge in [-0.1, -0.05) is 6.07 Å². The minimum atomic E-state index is -0.679. The van der Waals surface area contributed by atoms with Crippen molar-refractivity contribution in [1.29, 1.82) is 0 Å². The fraction of sp³-hybridized carbons (Fsp3) is 0.533. The van der Waals surface area contributed by atoms with Crippen molar-refractivity contribution < 1.29 is 19.0 Å². The van der Waals surface area contributed by atoms with Gasteiger partial charge < -0.3 is 25.3 Å². The molecular weight excluding hydrogens is 272 g/mol. The minimum absolute atomic E-state index is 0.186. The van der Waals surface area contributed by atoms with E-state index in [4.69, 9.17) is 19.9 Å². The Morgan fingerprint density at radius 2 is 2.05 bits per heavy atom. The molecule has 0 aromatic heterocycles. The van der Waals surface area contributed by atoms with Gasteiger partial charge in [0.15, 0.2) is 11.5 Å². The van der Waals surface area contributed by atoms with Gasteiger partial charge in [-0.15, -0.1) is 0 Å². The van der Waals surface area contributed by atoms with Gasteiger partial charge in [0.1, 0.15) is 6.04 Å². The number of hydrogen-bond acceptors (Lipinski definition) is 5. The summed E-state index contributed by atoms with van der Waals surface area (Å²) < 4.78 is 15.6. The van der Waals surface area contributed by atoms with E-state index in [0.717, 1.165) is 5.56 Å². The topological polar surface area (TPSA) is 82.8 Å². The number of carbonyl (C=O) groups excluding carboxylic acids is 1. The van der Waals surface area contributed by atoms with Gasteiger partial charge in [0.2, 0.25) is 5.91 Å². The van der Waals surface area contributed by atoms with Gasteiger partial charge in [-0.2, -0.15) is 0 Å². The molecular formula is C15H24N2O4. The lowest BCUT2D eigenvalue weighted by Crippen LogP contribution is -2.44. The number of ether oxygens (including phenoxy) is 3. The summed E-state index contributed by atoms with van der Waals surface area (Å²) in [5, 5.41) is 2.84. The highest BCUT2D eigenvalue weighted by molar-refractivity contribution is 5.82. The lowest BCUT2D eigenvalue weighted by molar-refractivity contribution is -0.124. The molecule has 1 rings (SSSR count). The maximum Gasteiger partial charge on any atom is 0.239 e. The van der Waals surface area contributed by atoms with E-state index < -0.39 is 6.04 Å². The van der Waals surface area contributed by atoms with Crippen LogP contribution in [0.15, 0.2) is 18.2 Å². The Morgan fingerprint density at radius 3 is 2.62 bits per heavy atom. The molecule has 0 radical (unpaired) electrons. The number of nitrogens with two attached hydrogens (primary N) is 1. The van der Waals surface area contributed by atoms with Crippen LogP contribution in [0.2, 0.25) is 0 Å². The van der Waals surface area contributed by atoms with Gasteiger partial charge in [-0.05, 0) is 31.5 Å². The quantitative estimate of drug-likeness (QED) is 0.754. The van der Waals surface area contributed by atoms with E-state index in [1.807, 2.05) is 32.0 Å². The number of carbonyl (C=O) groups is 1. The Balaban J connectivity index is 2.78. The highest BCUT2D eigenvalue weighted by atomic mass is 16.5. The minimum Gasteiger partial charge on any atom is -0.493 e. The van der Waals surface area contributed by atoms with Gasteiger partial charge in [0.05, 0.1) is 26.4 Å². The van der Waals surface area contributed by atoms with E-state index in [1.54, 1.807) is 7.11 Å². The van der Waals surface area contributed by atoms with Crippen molar-refractivity contribution in [3.8, 4) is 11.5 Å². The van der Waals surface area contributed by atoms with E-state index in [2.05, 4.69) is 5.32 Å². The lowest BCUT2D eigenvalue weighted by atomic mass is 10.1. The molecule has 0 bridgehead atoms. The number of methoxy groups -OCH3 is 2. The molecule has 0 heterocycles. The lowest BCUT2D eigenvalue weighted by Gasteiger charge is -2.19. The van der Waals surface area contributed by atoms with Crippen molar-refractivity contribution in [2.75, 3.05) is 27.4 Å². The van der Waals surface area contributed by atoms with Crippen molar-refractivity contribution in [1.82, 2.24) is 5.32 Å². The fourth-order valence-corrected chi connectivity index (χ4v) is 1.89. The summed E-state index contributed by atoms with van der Waals surface area (Å²) in [5.41, 5.74) is 6.60. The van der Waals surface area contributed by atoms with Crippen LogP contribution in [0.4, 0.5) is 0 Å². The van der Waals surface area contributed by atoms with Gasteiger partial charge in [-0.3, -0.25) is 4.79 Å². The standard InChI is InChI=1S/C15H24N2O4/c1-5-21-13-7-6-11(8-14(13)20-4)10(2)17-15(18)12(16)9-19-3/h6-8,10,12H,5,9,16H2,1-4H3,(H,17,18). The SMILES string of the molecule is CCOc1ccc(C(C)NC(=O)C(N)COC)cc1OC. The zero-order chi connectivity index (χ0) is 15.8. The first kappa shape index (κ1) is 17.3. The summed E-state index contributed by atoms with van der Waals surface area (Å²) in [6.45, 7) is 4.54. The molecule has 21 heavy (non-hydrogen) atoms. The summed E-state index contributed by atoms with van der Waals surface area (Å²) in [5.74, 6) is 1.06. The molecule has 0 saturated carbocycles. The van der Waals surface area contributed by atoms with E-state index in [1.165, 1.54) is 7.11 Å². The van der Waals surface area contributed by atoms with Crippen LogP contribution < -0.4 is 20.5 Å². The van der Waals surface area contributed by atoms with Crippen LogP contribution in [-0.4, -0.2) is 39.4 Å². The Bertz CT molecular complexity index is 465.